The van der Waals surface area contributed by atoms with Crippen LogP contribution >= 0.6 is 0 Å². The summed E-state index contributed by atoms with van der Waals surface area (Å²) in [6.07, 6.45) is 1.99. The number of aromatic nitrogens is 1. The van der Waals surface area contributed by atoms with Crippen LogP contribution in [0.25, 0.3) is 5.69 Å². The number of hydrogen-bond donors (Lipinski definition) is 1. The lowest BCUT2D eigenvalue weighted by molar-refractivity contribution is 0.0990. The number of Topliss-reactive ketones (excluding diaryl/α,β-unsaturated/α-hetero) is 1. The van der Waals surface area contributed by atoms with E-state index in [-0.39, 0.29) is 11.6 Å². The van der Waals surface area contributed by atoms with E-state index in [9.17, 15) is 9.18 Å². The normalized spacial score (nSPS) is 10.9. The van der Waals surface area contributed by atoms with E-state index >= 15 is 0 Å². The zero-order chi connectivity index (χ0) is 19.2. The minimum absolute atomic E-state index is 0.0798. The first-order valence-electron chi connectivity index (χ1n) is 9.29. The number of rotatable bonds is 8. The Bertz CT molecular complexity index is 898. The van der Waals surface area contributed by atoms with Crippen LogP contribution < -0.4 is 5.32 Å². The van der Waals surface area contributed by atoms with E-state index in [2.05, 4.69) is 17.4 Å². The number of ketones is 1. The zero-order valence-corrected chi connectivity index (χ0v) is 15.8. The minimum atomic E-state index is -0.266. The standard InChI is InChI=1S/C23H25FN2O/c1-17-15-22(18(2)26(17)21-12-10-20(24)11-13-21)23(27)16-25-14-6-9-19-7-4-3-5-8-19/h3-5,7-8,10-13,15,25H,6,9,14,16H2,1-2H3. The van der Waals surface area contributed by atoms with Crippen molar-refractivity contribution in [2.45, 2.75) is 26.7 Å². The fourth-order valence-electron chi connectivity index (χ4n) is 3.39. The van der Waals surface area contributed by atoms with E-state index in [4.69, 9.17) is 0 Å². The van der Waals surface area contributed by atoms with Gasteiger partial charge in [0.25, 0.3) is 0 Å². The highest BCUT2D eigenvalue weighted by atomic mass is 19.1. The molecule has 1 aromatic heterocycles. The molecule has 0 aliphatic rings. The van der Waals surface area contributed by atoms with Gasteiger partial charge in [0.05, 0.1) is 6.54 Å². The van der Waals surface area contributed by atoms with Crippen molar-refractivity contribution in [3.8, 4) is 5.69 Å². The van der Waals surface area contributed by atoms with Gasteiger partial charge in [0.2, 0.25) is 0 Å². The summed E-state index contributed by atoms with van der Waals surface area (Å²) in [6, 6.07) is 18.6. The molecule has 0 bridgehead atoms. The van der Waals surface area contributed by atoms with Crippen LogP contribution in [-0.4, -0.2) is 23.4 Å². The molecular weight excluding hydrogens is 339 g/mol. The predicted octanol–water partition coefficient (Wildman–Crippen LogP) is 4.64. The molecule has 4 heteroatoms. The summed E-state index contributed by atoms with van der Waals surface area (Å²) in [5, 5.41) is 3.25. The van der Waals surface area contributed by atoms with Crippen LogP contribution in [0.1, 0.15) is 33.7 Å². The van der Waals surface area contributed by atoms with Gasteiger partial charge < -0.3 is 9.88 Å². The van der Waals surface area contributed by atoms with E-state index in [0.29, 0.717) is 12.1 Å². The quantitative estimate of drug-likeness (QED) is 0.467. The monoisotopic (exact) mass is 364 g/mol. The van der Waals surface area contributed by atoms with Gasteiger partial charge in [-0.05, 0) is 69.1 Å². The molecule has 140 valence electrons. The average Bonchev–Trinajstić information content (AvgIpc) is 2.97. The Morgan fingerprint density at radius 2 is 1.74 bits per heavy atom. The molecule has 3 rings (SSSR count). The maximum absolute atomic E-state index is 13.2. The Balaban J connectivity index is 1.57. The molecule has 0 spiro atoms. The number of aryl methyl sites for hydroxylation is 2. The summed E-state index contributed by atoms with van der Waals surface area (Å²) in [5.74, 6) is -0.187. The fourth-order valence-corrected chi connectivity index (χ4v) is 3.39. The van der Waals surface area contributed by atoms with Gasteiger partial charge in [0.15, 0.2) is 5.78 Å². The van der Waals surface area contributed by atoms with Gasteiger partial charge in [0.1, 0.15) is 5.82 Å². The Morgan fingerprint density at radius 3 is 2.44 bits per heavy atom. The molecule has 0 aliphatic carbocycles. The van der Waals surface area contributed by atoms with Crippen LogP contribution in [0.4, 0.5) is 4.39 Å². The van der Waals surface area contributed by atoms with E-state index in [1.807, 2.05) is 42.7 Å². The van der Waals surface area contributed by atoms with Gasteiger partial charge in [-0.1, -0.05) is 30.3 Å². The van der Waals surface area contributed by atoms with Crippen molar-refractivity contribution >= 4 is 5.78 Å². The molecule has 1 N–H and O–H groups in total. The molecule has 0 unspecified atom stereocenters. The third-order valence-electron chi connectivity index (χ3n) is 4.76. The summed E-state index contributed by atoms with van der Waals surface area (Å²) in [7, 11) is 0. The molecule has 27 heavy (non-hydrogen) atoms. The Kier molecular flexibility index (Phi) is 6.20. The molecule has 0 fully saturated rings. The van der Waals surface area contributed by atoms with Crippen molar-refractivity contribution in [1.82, 2.24) is 9.88 Å². The van der Waals surface area contributed by atoms with Crippen molar-refractivity contribution in [2.24, 2.45) is 0 Å². The molecule has 0 radical (unpaired) electrons. The van der Waals surface area contributed by atoms with Crippen LogP contribution in [0.2, 0.25) is 0 Å². The predicted molar refractivity (Wildman–Crippen MR) is 107 cm³/mol. The molecule has 0 saturated heterocycles. The lowest BCUT2D eigenvalue weighted by Gasteiger charge is -2.10. The van der Waals surface area contributed by atoms with E-state index in [0.717, 1.165) is 36.5 Å². The lowest BCUT2D eigenvalue weighted by atomic mass is 10.1. The molecule has 2 aromatic carbocycles. The maximum Gasteiger partial charge on any atom is 0.178 e. The lowest BCUT2D eigenvalue weighted by Crippen LogP contribution is -2.24. The van der Waals surface area contributed by atoms with Crippen molar-refractivity contribution < 1.29 is 9.18 Å². The number of halogens is 1. The minimum Gasteiger partial charge on any atom is -0.318 e. The van der Waals surface area contributed by atoms with Gasteiger partial charge in [-0.3, -0.25) is 4.79 Å². The van der Waals surface area contributed by atoms with Crippen LogP contribution in [-0.2, 0) is 6.42 Å². The van der Waals surface area contributed by atoms with Crippen LogP contribution in [0.5, 0.6) is 0 Å². The smallest absolute Gasteiger partial charge is 0.178 e. The number of nitrogens with zero attached hydrogens (tertiary/aromatic N) is 1. The van der Waals surface area contributed by atoms with Crippen LogP contribution in [0, 0.1) is 19.7 Å². The molecule has 0 saturated carbocycles. The zero-order valence-electron chi connectivity index (χ0n) is 15.8. The summed E-state index contributed by atoms with van der Waals surface area (Å²) in [4.78, 5) is 12.6. The summed E-state index contributed by atoms with van der Waals surface area (Å²) < 4.78 is 15.2. The average molecular weight is 364 g/mol. The number of hydrogen-bond acceptors (Lipinski definition) is 2. The molecule has 3 nitrogen and oxygen atoms in total. The summed E-state index contributed by atoms with van der Waals surface area (Å²) in [6.45, 7) is 5.01. The highest BCUT2D eigenvalue weighted by Crippen LogP contribution is 2.21. The van der Waals surface area contributed by atoms with Crippen LogP contribution in [0.3, 0.4) is 0 Å². The Hall–Kier alpha value is -2.72. The number of carbonyl (C=O) groups excluding carboxylic acids is 1. The third-order valence-corrected chi connectivity index (χ3v) is 4.76. The molecule has 0 atom stereocenters. The largest absolute Gasteiger partial charge is 0.318 e. The van der Waals surface area contributed by atoms with Gasteiger partial charge in [-0.15, -0.1) is 0 Å². The second-order valence-electron chi connectivity index (χ2n) is 6.79. The van der Waals surface area contributed by atoms with E-state index in [1.165, 1.54) is 17.7 Å². The molecule has 0 amide bonds. The van der Waals surface area contributed by atoms with Crippen molar-refractivity contribution in [2.75, 3.05) is 13.1 Å². The van der Waals surface area contributed by atoms with Crippen molar-refractivity contribution in [1.29, 1.82) is 0 Å². The molecule has 3 aromatic rings. The van der Waals surface area contributed by atoms with Gasteiger partial charge in [0, 0.05) is 22.6 Å². The van der Waals surface area contributed by atoms with Crippen LogP contribution in [0.15, 0.2) is 60.7 Å². The second kappa shape index (κ2) is 8.78. The molecular formula is C23H25FN2O. The van der Waals surface area contributed by atoms with Crippen molar-refractivity contribution in [3.05, 3.63) is 89.0 Å². The Morgan fingerprint density at radius 1 is 1.04 bits per heavy atom. The molecule has 1 heterocycles. The topological polar surface area (TPSA) is 34.0 Å². The first kappa shape index (κ1) is 19.1. The van der Waals surface area contributed by atoms with Gasteiger partial charge >= 0.3 is 0 Å². The van der Waals surface area contributed by atoms with E-state index in [1.54, 1.807) is 12.1 Å². The van der Waals surface area contributed by atoms with Gasteiger partial charge in [-0.25, -0.2) is 4.39 Å². The highest BCUT2D eigenvalue weighted by Gasteiger charge is 2.16. The number of nitrogens with one attached hydrogen (secondary N) is 1. The summed E-state index contributed by atoms with van der Waals surface area (Å²) in [5.41, 5.74) is 4.74. The first-order chi connectivity index (χ1) is 13.1. The van der Waals surface area contributed by atoms with Crippen molar-refractivity contribution in [3.63, 3.8) is 0 Å². The summed E-state index contributed by atoms with van der Waals surface area (Å²) >= 11 is 0. The third kappa shape index (κ3) is 4.72. The Labute approximate surface area is 159 Å². The van der Waals surface area contributed by atoms with Gasteiger partial charge in [-0.2, -0.15) is 0 Å². The molecule has 0 aliphatic heterocycles. The first-order valence-corrected chi connectivity index (χ1v) is 9.29. The second-order valence-corrected chi connectivity index (χ2v) is 6.79. The maximum atomic E-state index is 13.2. The van der Waals surface area contributed by atoms with E-state index < -0.39 is 0 Å². The number of benzene rings is 2. The fraction of sp³-hybridized carbons (Fsp3) is 0.261. The highest BCUT2D eigenvalue weighted by molar-refractivity contribution is 5.99. The SMILES string of the molecule is Cc1cc(C(=O)CNCCCc2ccccc2)c(C)n1-c1ccc(F)cc1. The number of carbonyl (C=O) groups is 1.